The van der Waals surface area contributed by atoms with Gasteiger partial charge in [-0.15, -0.1) is 47.4 Å². The van der Waals surface area contributed by atoms with Gasteiger partial charge >= 0.3 is 6.18 Å². The van der Waals surface area contributed by atoms with Crippen LogP contribution in [0.4, 0.5) is 17.6 Å². The van der Waals surface area contributed by atoms with E-state index in [9.17, 15) is 17.6 Å². The number of aromatic nitrogens is 6. The van der Waals surface area contributed by atoms with Gasteiger partial charge in [-0.25, -0.2) is 9.37 Å². The number of fused-ring (bicyclic) bond motifs is 2. The second-order valence-corrected chi connectivity index (χ2v) is 9.33. The maximum absolute atomic E-state index is 14.8. The molecule has 0 aliphatic carbocycles. The largest absolute Gasteiger partial charge is 0.408 e. The van der Waals surface area contributed by atoms with Crippen molar-refractivity contribution in [3.8, 4) is 22.6 Å². The van der Waals surface area contributed by atoms with Gasteiger partial charge in [-0.05, 0) is 36.2 Å². The minimum atomic E-state index is -4.49. The fourth-order valence-corrected chi connectivity index (χ4v) is 4.95. The van der Waals surface area contributed by atoms with Crippen molar-refractivity contribution in [3.05, 3.63) is 66.4 Å². The van der Waals surface area contributed by atoms with Gasteiger partial charge in [-0.1, -0.05) is 12.1 Å². The first-order chi connectivity index (χ1) is 17.7. The lowest BCUT2D eigenvalue weighted by molar-refractivity contribution is -0.183. The van der Waals surface area contributed by atoms with Gasteiger partial charge in [-0.3, -0.25) is 14.0 Å². The summed E-state index contributed by atoms with van der Waals surface area (Å²) in [7, 11) is 1.74. The van der Waals surface area contributed by atoms with Crippen LogP contribution in [0.1, 0.15) is 18.0 Å². The van der Waals surface area contributed by atoms with Crippen LogP contribution in [0.5, 0.6) is 0 Å². The summed E-state index contributed by atoms with van der Waals surface area (Å²) in [5.41, 5.74) is 8.19. The summed E-state index contributed by atoms with van der Waals surface area (Å²) in [5.74, 6) is -0.127. The van der Waals surface area contributed by atoms with Gasteiger partial charge in [0.2, 0.25) is 0 Å². The zero-order valence-corrected chi connectivity index (χ0v) is 23.4. The molecule has 1 aromatic carbocycles. The molecule has 214 valence electrons. The zero-order valence-electron chi connectivity index (χ0n) is 20.9. The molecule has 0 radical (unpaired) electrons. The SMILES string of the molecule is Cl.Cl.Cl.Cn1cc(-c2cc3nc(-c4nnc5ccc([C@@H](N6CC[C@H](N)C6)C(F)(F)F)cn45)ccc3cc2F)cn1. The van der Waals surface area contributed by atoms with E-state index in [1.54, 1.807) is 42.3 Å². The van der Waals surface area contributed by atoms with Crippen molar-refractivity contribution >= 4 is 53.8 Å². The molecule has 5 aromatic rings. The van der Waals surface area contributed by atoms with Crippen LogP contribution in [-0.4, -0.2) is 59.6 Å². The molecule has 1 fully saturated rings. The molecule has 1 aliphatic rings. The quantitative estimate of drug-likeness (QED) is 0.272. The van der Waals surface area contributed by atoms with E-state index in [-0.39, 0.29) is 67.7 Å². The van der Waals surface area contributed by atoms with Crippen molar-refractivity contribution in [2.24, 2.45) is 12.8 Å². The summed E-state index contributed by atoms with van der Waals surface area (Å²) in [4.78, 5) is 6.01. The van der Waals surface area contributed by atoms with Gasteiger partial charge in [0, 0.05) is 55.1 Å². The molecule has 2 atom stereocenters. The number of nitrogens with zero attached hydrogens (tertiary/aromatic N) is 7. The van der Waals surface area contributed by atoms with Crippen molar-refractivity contribution in [2.45, 2.75) is 24.7 Å². The van der Waals surface area contributed by atoms with E-state index in [2.05, 4.69) is 20.3 Å². The normalized spacial score (nSPS) is 16.4. The van der Waals surface area contributed by atoms with E-state index in [0.717, 1.165) is 0 Å². The average molecular weight is 620 g/mol. The molecule has 0 unspecified atom stereocenters. The van der Waals surface area contributed by atoms with Crippen molar-refractivity contribution in [3.63, 3.8) is 0 Å². The Labute approximate surface area is 244 Å². The predicted octanol–water partition coefficient (Wildman–Crippen LogP) is 5.39. The van der Waals surface area contributed by atoms with Gasteiger partial charge in [0.25, 0.3) is 0 Å². The Morgan fingerprint density at radius 1 is 1.02 bits per heavy atom. The van der Waals surface area contributed by atoms with Crippen LogP contribution in [0.15, 0.2) is 55.0 Å². The maximum atomic E-state index is 14.8. The van der Waals surface area contributed by atoms with E-state index < -0.39 is 18.0 Å². The van der Waals surface area contributed by atoms with Gasteiger partial charge in [0.05, 0.1) is 11.7 Å². The van der Waals surface area contributed by atoms with E-state index in [1.165, 1.54) is 33.7 Å². The topological polar surface area (TPSA) is 90.2 Å². The molecule has 40 heavy (non-hydrogen) atoms. The lowest BCUT2D eigenvalue weighted by atomic mass is 10.1. The zero-order chi connectivity index (χ0) is 25.9. The third kappa shape index (κ3) is 5.72. The van der Waals surface area contributed by atoms with Crippen LogP contribution < -0.4 is 5.73 Å². The standard InChI is InChI=1S/C25H22F4N8.3ClH/c1-35-11-16(10-31-35)18-9-21-14(8-19(18)26)2-4-20(32-21)24-34-33-22-5-3-15(12-37(22)24)23(25(27,28)29)36-7-6-17(30)13-36;;;/h2-5,8-12,17,23H,6-7,13,30H2,1H3;3*1H/t17-,23+;;;/m0.../s1. The Bertz CT molecular complexity index is 1640. The van der Waals surface area contributed by atoms with E-state index in [4.69, 9.17) is 5.73 Å². The number of rotatable bonds is 4. The molecule has 8 nitrogen and oxygen atoms in total. The van der Waals surface area contributed by atoms with Gasteiger partial charge < -0.3 is 5.73 Å². The fraction of sp³-hybridized carbons (Fsp3) is 0.280. The highest BCUT2D eigenvalue weighted by Crippen LogP contribution is 2.39. The summed E-state index contributed by atoms with van der Waals surface area (Å²) >= 11 is 0. The van der Waals surface area contributed by atoms with Gasteiger partial charge in [-0.2, -0.15) is 18.3 Å². The summed E-state index contributed by atoms with van der Waals surface area (Å²) in [6, 6.07) is 7.21. The maximum Gasteiger partial charge on any atom is 0.408 e. The Hall–Kier alpha value is -3.03. The number of pyridine rings is 2. The molecule has 0 saturated carbocycles. The summed E-state index contributed by atoms with van der Waals surface area (Å²) in [6.07, 6.45) is 0.692. The molecule has 0 bridgehead atoms. The molecule has 2 N–H and O–H groups in total. The van der Waals surface area contributed by atoms with E-state index in [1.807, 2.05) is 0 Å². The Morgan fingerprint density at radius 3 is 2.45 bits per heavy atom. The summed E-state index contributed by atoms with van der Waals surface area (Å²) in [6.45, 7) is 0.430. The number of hydrogen-bond acceptors (Lipinski definition) is 6. The lowest BCUT2D eigenvalue weighted by Crippen LogP contribution is -2.38. The third-order valence-electron chi connectivity index (χ3n) is 6.70. The van der Waals surface area contributed by atoms with Crippen LogP contribution in [0.25, 0.3) is 39.2 Å². The number of alkyl halides is 3. The van der Waals surface area contributed by atoms with Crippen molar-refractivity contribution in [1.82, 2.24) is 34.3 Å². The minimum absolute atomic E-state index is 0. The molecule has 0 amide bonds. The lowest BCUT2D eigenvalue weighted by Gasteiger charge is -2.30. The summed E-state index contributed by atoms with van der Waals surface area (Å²) in [5, 5.41) is 13.0. The first-order valence-corrected chi connectivity index (χ1v) is 11.7. The molecule has 6 rings (SSSR count). The highest BCUT2D eigenvalue weighted by atomic mass is 35.5. The number of halogens is 7. The van der Waals surface area contributed by atoms with E-state index in [0.29, 0.717) is 39.8 Å². The third-order valence-corrected chi connectivity index (χ3v) is 6.70. The average Bonchev–Trinajstić information content (AvgIpc) is 3.57. The van der Waals surface area contributed by atoms with Crippen LogP contribution >= 0.6 is 37.2 Å². The molecule has 15 heteroatoms. The number of benzene rings is 1. The Balaban J connectivity index is 0.00000147. The highest BCUT2D eigenvalue weighted by molar-refractivity contribution is 5.86. The molecular weight excluding hydrogens is 595 g/mol. The van der Waals surface area contributed by atoms with Crippen molar-refractivity contribution in [2.75, 3.05) is 13.1 Å². The molecule has 0 spiro atoms. The van der Waals surface area contributed by atoms with Crippen molar-refractivity contribution < 1.29 is 17.6 Å². The number of aryl methyl sites for hydroxylation is 1. The number of nitrogens with two attached hydrogens (primary N) is 1. The molecule has 4 aromatic heterocycles. The van der Waals surface area contributed by atoms with Gasteiger partial charge in [0.15, 0.2) is 11.5 Å². The Kier molecular flexibility index (Phi) is 9.32. The fourth-order valence-electron chi connectivity index (χ4n) is 4.95. The van der Waals surface area contributed by atoms with Crippen LogP contribution in [0.2, 0.25) is 0 Å². The first kappa shape index (κ1) is 31.5. The monoisotopic (exact) mass is 618 g/mol. The summed E-state index contributed by atoms with van der Waals surface area (Å²) < 4.78 is 60.3. The molecule has 1 aliphatic heterocycles. The van der Waals surface area contributed by atoms with E-state index >= 15 is 0 Å². The molecule has 1 saturated heterocycles. The Morgan fingerprint density at radius 2 is 1.80 bits per heavy atom. The molecular formula is C25H25Cl3F4N8. The van der Waals surface area contributed by atoms with Crippen LogP contribution in [0, 0.1) is 5.82 Å². The van der Waals surface area contributed by atoms with Crippen LogP contribution in [-0.2, 0) is 7.05 Å². The first-order valence-electron chi connectivity index (χ1n) is 11.7. The second-order valence-electron chi connectivity index (χ2n) is 9.33. The number of hydrogen-bond donors (Lipinski definition) is 1. The molecule has 5 heterocycles. The predicted molar refractivity (Wildman–Crippen MR) is 151 cm³/mol. The van der Waals surface area contributed by atoms with Crippen molar-refractivity contribution in [1.29, 1.82) is 0 Å². The highest BCUT2D eigenvalue weighted by Gasteiger charge is 2.46. The van der Waals surface area contributed by atoms with Gasteiger partial charge in [0.1, 0.15) is 17.6 Å². The smallest absolute Gasteiger partial charge is 0.326 e. The van der Waals surface area contributed by atoms with Crippen LogP contribution in [0.3, 0.4) is 0 Å². The number of likely N-dealkylation sites (tertiary alicyclic amines) is 1. The second kappa shape index (κ2) is 11.8. The minimum Gasteiger partial charge on any atom is -0.326 e.